The molecule has 2 aliphatic rings. The first kappa shape index (κ1) is 12.4. The molecule has 2 rings (SSSR count). The zero-order chi connectivity index (χ0) is 11.2. The molecule has 0 aromatic carbocycles. The van der Waals surface area contributed by atoms with Crippen molar-refractivity contribution >= 4 is 0 Å². The van der Waals surface area contributed by atoms with Crippen LogP contribution in [0, 0.1) is 5.92 Å². The maximum atomic E-state index is 3.52. The molecule has 2 fully saturated rings. The lowest BCUT2D eigenvalue weighted by Crippen LogP contribution is -2.31. The zero-order valence-electron chi connectivity index (χ0n) is 10.9. The number of piperidine rings is 1. The van der Waals surface area contributed by atoms with Crippen LogP contribution in [0.1, 0.15) is 51.9 Å². The number of nitrogens with zero attached hydrogens (tertiary/aromatic N) is 1. The summed E-state index contributed by atoms with van der Waals surface area (Å²) in [4.78, 5) is 2.73. The van der Waals surface area contributed by atoms with Crippen LogP contribution in [0.25, 0.3) is 0 Å². The smallest absolute Gasteiger partial charge is 0.00964 e. The molecule has 1 aliphatic heterocycles. The minimum absolute atomic E-state index is 0.962. The van der Waals surface area contributed by atoms with E-state index in [1.807, 2.05) is 0 Å². The fourth-order valence-electron chi connectivity index (χ4n) is 2.96. The number of hydrogen-bond acceptors (Lipinski definition) is 2. The van der Waals surface area contributed by atoms with Crippen LogP contribution in [0.3, 0.4) is 0 Å². The van der Waals surface area contributed by atoms with Crippen LogP contribution in [0.2, 0.25) is 0 Å². The third-order valence-corrected chi connectivity index (χ3v) is 4.03. The van der Waals surface area contributed by atoms with Crippen molar-refractivity contribution in [3.8, 4) is 0 Å². The lowest BCUT2D eigenvalue weighted by Gasteiger charge is -2.25. The number of nitrogens with one attached hydrogen (secondary N) is 1. The minimum Gasteiger partial charge on any atom is -0.316 e. The first-order chi connectivity index (χ1) is 7.90. The zero-order valence-corrected chi connectivity index (χ0v) is 10.9. The van der Waals surface area contributed by atoms with Crippen molar-refractivity contribution < 1.29 is 0 Å². The summed E-state index contributed by atoms with van der Waals surface area (Å²) in [6.45, 7) is 7.51. The van der Waals surface area contributed by atoms with Crippen LogP contribution in [0.4, 0.5) is 0 Å². The highest BCUT2D eigenvalue weighted by atomic mass is 15.2. The Hall–Kier alpha value is -0.0800. The molecule has 0 amide bonds. The van der Waals surface area contributed by atoms with Crippen LogP contribution in [0.5, 0.6) is 0 Å². The summed E-state index contributed by atoms with van der Waals surface area (Å²) in [6.07, 6.45) is 9.97. The van der Waals surface area contributed by atoms with E-state index >= 15 is 0 Å². The van der Waals surface area contributed by atoms with E-state index in [-0.39, 0.29) is 0 Å². The molecule has 0 radical (unpaired) electrons. The largest absolute Gasteiger partial charge is 0.316 e. The lowest BCUT2D eigenvalue weighted by atomic mass is 9.94. The molecule has 0 spiro atoms. The van der Waals surface area contributed by atoms with E-state index in [1.54, 1.807) is 0 Å². The van der Waals surface area contributed by atoms with E-state index in [4.69, 9.17) is 0 Å². The average Bonchev–Trinajstić information content (AvgIpc) is 3.13. The van der Waals surface area contributed by atoms with Gasteiger partial charge in [-0.2, -0.15) is 0 Å². The first-order valence-corrected chi connectivity index (χ1v) is 7.35. The van der Waals surface area contributed by atoms with E-state index in [1.165, 1.54) is 71.1 Å². The Labute approximate surface area is 101 Å². The van der Waals surface area contributed by atoms with Gasteiger partial charge < -0.3 is 10.2 Å². The van der Waals surface area contributed by atoms with Crippen LogP contribution >= 0.6 is 0 Å². The predicted octanol–water partition coefficient (Wildman–Crippen LogP) is 2.64. The Morgan fingerprint density at radius 1 is 1.19 bits per heavy atom. The average molecular weight is 224 g/mol. The summed E-state index contributed by atoms with van der Waals surface area (Å²) < 4.78 is 0. The van der Waals surface area contributed by atoms with Gasteiger partial charge in [-0.05, 0) is 77.0 Å². The van der Waals surface area contributed by atoms with E-state index in [9.17, 15) is 0 Å². The molecule has 16 heavy (non-hydrogen) atoms. The highest BCUT2D eigenvalue weighted by molar-refractivity contribution is 4.84. The predicted molar refractivity (Wildman–Crippen MR) is 69.7 cm³/mol. The molecule has 1 saturated carbocycles. The minimum atomic E-state index is 0.962. The van der Waals surface area contributed by atoms with Gasteiger partial charge in [0, 0.05) is 6.04 Å². The Bertz CT molecular complexity index is 183. The van der Waals surface area contributed by atoms with Crippen LogP contribution in [-0.4, -0.2) is 37.1 Å². The third kappa shape index (κ3) is 4.06. The van der Waals surface area contributed by atoms with E-state index in [0.717, 1.165) is 12.0 Å². The standard InChI is InChI=1S/C14H28N2/c1-2-10-16(14-7-8-14)11-4-6-13-5-3-9-15-12-13/h13-15H,2-12H2,1H3. The van der Waals surface area contributed by atoms with Crippen molar-refractivity contribution in [1.29, 1.82) is 0 Å². The fraction of sp³-hybridized carbons (Fsp3) is 1.00. The second-order valence-electron chi connectivity index (χ2n) is 5.62. The summed E-state index contributed by atoms with van der Waals surface area (Å²) >= 11 is 0. The maximum absolute atomic E-state index is 3.52. The monoisotopic (exact) mass is 224 g/mol. The SMILES string of the molecule is CCCN(CCCC1CCCNC1)C1CC1. The molecule has 0 aromatic heterocycles. The molecule has 94 valence electrons. The van der Waals surface area contributed by atoms with E-state index in [0.29, 0.717) is 0 Å². The molecule has 1 N–H and O–H groups in total. The summed E-state index contributed by atoms with van der Waals surface area (Å²) in [5.41, 5.74) is 0. The molecule has 1 aliphatic carbocycles. The third-order valence-electron chi connectivity index (χ3n) is 4.03. The molecule has 0 aromatic rings. The van der Waals surface area contributed by atoms with Gasteiger partial charge >= 0.3 is 0 Å². The highest BCUT2D eigenvalue weighted by Gasteiger charge is 2.27. The van der Waals surface area contributed by atoms with Crippen molar-refractivity contribution in [3.05, 3.63) is 0 Å². The van der Waals surface area contributed by atoms with Crippen molar-refractivity contribution in [2.45, 2.75) is 57.9 Å². The molecule has 2 nitrogen and oxygen atoms in total. The highest BCUT2D eigenvalue weighted by Crippen LogP contribution is 2.27. The van der Waals surface area contributed by atoms with Gasteiger partial charge in [0.15, 0.2) is 0 Å². The van der Waals surface area contributed by atoms with Crippen LogP contribution in [-0.2, 0) is 0 Å². The molecular weight excluding hydrogens is 196 g/mol. The second-order valence-corrected chi connectivity index (χ2v) is 5.62. The lowest BCUT2D eigenvalue weighted by molar-refractivity contribution is 0.244. The van der Waals surface area contributed by atoms with Gasteiger partial charge in [-0.1, -0.05) is 6.92 Å². The van der Waals surface area contributed by atoms with Gasteiger partial charge in [-0.25, -0.2) is 0 Å². The van der Waals surface area contributed by atoms with Crippen molar-refractivity contribution in [1.82, 2.24) is 10.2 Å². The molecule has 1 heterocycles. The molecule has 2 heteroatoms. The summed E-state index contributed by atoms with van der Waals surface area (Å²) in [5, 5.41) is 3.52. The normalized spacial score (nSPS) is 26.2. The summed E-state index contributed by atoms with van der Waals surface area (Å²) in [5.74, 6) is 0.969. The fourth-order valence-corrected chi connectivity index (χ4v) is 2.96. The second kappa shape index (κ2) is 6.61. The van der Waals surface area contributed by atoms with Gasteiger partial charge in [-0.15, -0.1) is 0 Å². The van der Waals surface area contributed by atoms with Crippen molar-refractivity contribution in [2.24, 2.45) is 5.92 Å². The number of hydrogen-bond donors (Lipinski definition) is 1. The van der Waals surface area contributed by atoms with Crippen molar-refractivity contribution in [2.75, 3.05) is 26.2 Å². The summed E-state index contributed by atoms with van der Waals surface area (Å²) in [6, 6.07) is 0.962. The first-order valence-electron chi connectivity index (χ1n) is 7.35. The topological polar surface area (TPSA) is 15.3 Å². The van der Waals surface area contributed by atoms with E-state index in [2.05, 4.69) is 17.1 Å². The molecule has 0 bridgehead atoms. The molecule has 1 saturated heterocycles. The van der Waals surface area contributed by atoms with Gasteiger partial charge in [0.2, 0.25) is 0 Å². The Morgan fingerprint density at radius 2 is 2.06 bits per heavy atom. The molecule has 1 atom stereocenters. The Morgan fingerprint density at radius 3 is 2.69 bits per heavy atom. The van der Waals surface area contributed by atoms with Crippen molar-refractivity contribution in [3.63, 3.8) is 0 Å². The molecule has 1 unspecified atom stereocenters. The quantitative estimate of drug-likeness (QED) is 0.715. The van der Waals surface area contributed by atoms with Gasteiger partial charge in [0.05, 0.1) is 0 Å². The number of rotatable bonds is 7. The summed E-state index contributed by atoms with van der Waals surface area (Å²) in [7, 11) is 0. The van der Waals surface area contributed by atoms with Gasteiger partial charge in [-0.3, -0.25) is 0 Å². The van der Waals surface area contributed by atoms with Gasteiger partial charge in [0.25, 0.3) is 0 Å². The van der Waals surface area contributed by atoms with Crippen LogP contribution in [0.15, 0.2) is 0 Å². The van der Waals surface area contributed by atoms with E-state index < -0.39 is 0 Å². The Kier molecular flexibility index (Phi) is 5.11. The maximum Gasteiger partial charge on any atom is 0.00964 e. The van der Waals surface area contributed by atoms with Crippen LogP contribution < -0.4 is 5.32 Å². The Balaban J connectivity index is 1.57. The van der Waals surface area contributed by atoms with Gasteiger partial charge in [0.1, 0.15) is 0 Å². The molecular formula is C14H28N2.